The highest BCUT2D eigenvalue weighted by atomic mass is 32.2. The first-order valence-electron chi connectivity index (χ1n) is 7.85. The van der Waals surface area contributed by atoms with Crippen LogP contribution in [0.25, 0.3) is 0 Å². The minimum atomic E-state index is -3.94. The van der Waals surface area contributed by atoms with Gasteiger partial charge in [0.25, 0.3) is 5.91 Å². The topological polar surface area (TPSA) is 94.5 Å². The van der Waals surface area contributed by atoms with Gasteiger partial charge in [-0.25, -0.2) is 17.9 Å². The Balaban J connectivity index is 1.96. The lowest BCUT2D eigenvalue weighted by Gasteiger charge is -2.06. The number of benzene rings is 2. The van der Waals surface area contributed by atoms with Crippen LogP contribution in [0.3, 0.4) is 0 Å². The summed E-state index contributed by atoms with van der Waals surface area (Å²) in [4.78, 5) is 16.8. The van der Waals surface area contributed by atoms with Gasteiger partial charge in [0.2, 0.25) is 10.0 Å². The van der Waals surface area contributed by atoms with Gasteiger partial charge in [0, 0.05) is 22.7 Å². The number of primary sulfonamides is 1. The van der Waals surface area contributed by atoms with E-state index in [4.69, 9.17) is 5.14 Å². The second kappa shape index (κ2) is 7.55. The third-order valence-corrected chi connectivity index (χ3v) is 5.74. The second-order valence-electron chi connectivity index (χ2n) is 5.85. The fourth-order valence-corrected chi connectivity index (χ4v) is 4.04. The van der Waals surface area contributed by atoms with Crippen molar-refractivity contribution in [2.45, 2.75) is 18.4 Å². The maximum absolute atomic E-state index is 13.9. The van der Waals surface area contributed by atoms with Gasteiger partial charge in [-0.15, -0.1) is 11.3 Å². The van der Waals surface area contributed by atoms with E-state index in [2.05, 4.69) is 4.99 Å². The lowest BCUT2D eigenvalue weighted by atomic mass is 10.1. The number of aryl methyl sites for hydroxylation is 1. The molecule has 27 heavy (non-hydrogen) atoms. The zero-order valence-electron chi connectivity index (χ0n) is 14.3. The highest BCUT2D eigenvalue weighted by molar-refractivity contribution is 7.89. The van der Waals surface area contributed by atoms with Crippen LogP contribution in [0.5, 0.6) is 0 Å². The Labute approximate surface area is 159 Å². The number of nitrogens with zero attached hydrogens (tertiary/aromatic N) is 2. The highest BCUT2D eigenvalue weighted by Crippen LogP contribution is 2.16. The van der Waals surface area contributed by atoms with E-state index in [1.807, 2.05) is 0 Å². The summed E-state index contributed by atoms with van der Waals surface area (Å²) in [5, 5.41) is 6.91. The summed E-state index contributed by atoms with van der Waals surface area (Å²) >= 11 is 1.22. The van der Waals surface area contributed by atoms with Gasteiger partial charge in [0.05, 0.1) is 11.4 Å². The third-order valence-electron chi connectivity index (χ3n) is 3.90. The predicted molar refractivity (Wildman–Crippen MR) is 100 cm³/mol. The molecule has 2 N–H and O–H groups in total. The lowest BCUT2D eigenvalue weighted by molar-refractivity contribution is 0.0997. The van der Waals surface area contributed by atoms with E-state index >= 15 is 0 Å². The number of thiazole rings is 1. The first-order chi connectivity index (χ1) is 12.8. The molecule has 6 nitrogen and oxygen atoms in total. The molecular formula is C18H16FN3O3S2. The Morgan fingerprint density at radius 2 is 2.00 bits per heavy atom. The number of carbonyl (C=O) groups excluding carboxylic acids is 1. The molecule has 1 aromatic heterocycles. The van der Waals surface area contributed by atoms with Gasteiger partial charge in [-0.05, 0) is 30.7 Å². The third kappa shape index (κ3) is 4.38. The van der Waals surface area contributed by atoms with E-state index in [-0.39, 0.29) is 22.8 Å². The smallest absolute Gasteiger partial charge is 0.279 e. The molecule has 0 aliphatic rings. The molecule has 1 amide bonds. The largest absolute Gasteiger partial charge is 0.319 e. The van der Waals surface area contributed by atoms with E-state index in [1.165, 1.54) is 35.6 Å². The molecule has 0 spiro atoms. The molecule has 9 heteroatoms. The Bertz CT molecular complexity index is 1180. The molecule has 0 aliphatic carbocycles. The molecule has 0 atom stereocenters. The van der Waals surface area contributed by atoms with Crippen molar-refractivity contribution in [2.75, 3.05) is 0 Å². The van der Waals surface area contributed by atoms with Gasteiger partial charge in [0.15, 0.2) is 4.80 Å². The first-order valence-corrected chi connectivity index (χ1v) is 10.3. The number of aromatic nitrogens is 1. The molecular weight excluding hydrogens is 389 g/mol. The summed E-state index contributed by atoms with van der Waals surface area (Å²) < 4.78 is 38.8. The zero-order valence-corrected chi connectivity index (χ0v) is 15.9. The molecule has 2 aromatic carbocycles. The molecule has 0 bridgehead atoms. The minimum absolute atomic E-state index is 0.107. The molecule has 3 rings (SSSR count). The molecule has 0 saturated heterocycles. The SMILES string of the molecule is Cc1ccc(C(=O)N=c2sccn2Cc2ccccc2F)cc1S(N)(=O)=O. The quantitative estimate of drug-likeness (QED) is 0.722. The number of nitrogens with two attached hydrogens (primary N) is 1. The molecule has 0 radical (unpaired) electrons. The van der Waals surface area contributed by atoms with Gasteiger partial charge >= 0.3 is 0 Å². The molecule has 1 heterocycles. The molecule has 0 aliphatic heterocycles. The fourth-order valence-electron chi connectivity index (χ4n) is 2.51. The molecule has 0 unspecified atom stereocenters. The van der Waals surface area contributed by atoms with Gasteiger partial charge in [-0.2, -0.15) is 4.99 Å². The predicted octanol–water partition coefficient (Wildman–Crippen LogP) is 2.43. The maximum atomic E-state index is 13.9. The van der Waals surface area contributed by atoms with Crippen LogP contribution in [0, 0.1) is 12.7 Å². The van der Waals surface area contributed by atoms with Crippen LogP contribution < -0.4 is 9.94 Å². The van der Waals surface area contributed by atoms with Gasteiger partial charge < -0.3 is 4.57 Å². The van der Waals surface area contributed by atoms with Crippen LogP contribution in [0.4, 0.5) is 4.39 Å². The van der Waals surface area contributed by atoms with Gasteiger partial charge in [-0.3, -0.25) is 4.79 Å². The van der Waals surface area contributed by atoms with E-state index in [0.717, 1.165) is 0 Å². The van der Waals surface area contributed by atoms with Crippen LogP contribution in [0.1, 0.15) is 21.5 Å². The summed E-state index contributed by atoms with van der Waals surface area (Å²) in [5.74, 6) is -0.950. The molecule has 3 aromatic rings. The van der Waals surface area contributed by atoms with Crippen molar-refractivity contribution < 1.29 is 17.6 Å². The number of hydrogen-bond acceptors (Lipinski definition) is 4. The van der Waals surface area contributed by atoms with E-state index < -0.39 is 15.9 Å². The number of hydrogen-bond donors (Lipinski definition) is 1. The van der Waals surface area contributed by atoms with Gasteiger partial charge in [-0.1, -0.05) is 24.3 Å². The highest BCUT2D eigenvalue weighted by Gasteiger charge is 2.15. The number of carbonyl (C=O) groups is 1. The number of amides is 1. The molecule has 140 valence electrons. The van der Waals surface area contributed by atoms with Crippen LogP contribution in [0.2, 0.25) is 0 Å². The Morgan fingerprint density at radius 1 is 1.26 bits per heavy atom. The summed E-state index contributed by atoms with van der Waals surface area (Å²) in [7, 11) is -3.94. The molecule has 0 saturated carbocycles. The van der Waals surface area contributed by atoms with E-state index in [1.54, 1.807) is 41.3 Å². The summed E-state index contributed by atoms with van der Waals surface area (Å²) in [5.41, 5.74) is 1.02. The number of halogens is 1. The summed E-state index contributed by atoms with van der Waals surface area (Å²) in [6.07, 6.45) is 1.70. The summed E-state index contributed by atoms with van der Waals surface area (Å²) in [6.45, 7) is 1.81. The van der Waals surface area contributed by atoms with Crippen molar-refractivity contribution in [3.8, 4) is 0 Å². The van der Waals surface area contributed by atoms with Crippen LogP contribution in [-0.4, -0.2) is 18.9 Å². The maximum Gasteiger partial charge on any atom is 0.279 e. The summed E-state index contributed by atoms with van der Waals surface area (Å²) in [6, 6.07) is 10.6. The van der Waals surface area contributed by atoms with Gasteiger partial charge in [0.1, 0.15) is 5.82 Å². The van der Waals surface area contributed by atoms with E-state index in [9.17, 15) is 17.6 Å². The standard InChI is InChI=1S/C18H16FN3O3S2/c1-12-6-7-13(10-16(12)27(20,24)25)17(23)21-18-22(8-9-26-18)11-14-4-2-3-5-15(14)19/h2-10H,11H2,1H3,(H2,20,24,25). The Kier molecular flexibility index (Phi) is 5.36. The lowest BCUT2D eigenvalue weighted by Crippen LogP contribution is -2.18. The number of sulfonamides is 1. The van der Waals surface area contributed by atoms with Crippen molar-refractivity contribution in [3.05, 3.63) is 81.4 Å². The zero-order chi connectivity index (χ0) is 19.6. The Hall–Kier alpha value is -2.62. The van der Waals surface area contributed by atoms with Crippen molar-refractivity contribution >= 4 is 27.3 Å². The number of rotatable bonds is 4. The monoisotopic (exact) mass is 405 g/mol. The van der Waals surface area contributed by atoms with Crippen molar-refractivity contribution in [1.29, 1.82) is 0 Å². The van der Waals surface area contributed by atoms with Crippen LogP contribution >= 0.6 is 11.3 Å². The first kappa shape index (κ1) is 19.2. The molecule has 0 fully saturated rings. The Morgan fingerprint density at radius 3 is 2.70 bits per heavy atom. The average Bonchev–Trinajstić information content (AvgIpc) is 3.03. The van der Waals surface area contributed by atoms with Crippen molar-refractivity contribution in [3.63, 3.8) is 0 Å². The second-order valence-corrected chi connectivity index (χ2v) is 8.25. The van der Waals surface area contributed by atoms with Crippen LogP contribution in [0.15, 0.2) is 63.9 Å². The van der Waals surface area contributed by atoms with Crippen molar-refractivity contribution in [1.82, 2.24) is 4.57 Å². The van der Waals surface area contributed by atoms with E-state index in [0.29, 0.717) is 15.9 Å². The minimum Gasteiger partial charge on any atom is -0.319 e. The fraction of sp³-hybridized carbons (Fsp3) is 0.111. The average molecular weight is 405 g/mol. The normalized spacial score (nSPS) is 12.3. The van der Waals surface area contributed by atoms with Crippen LogP contribution in [-0.2, 0) is 16.6 Å². The van der Waals surface area contributed by atoms with Crippen molar-refractivity contribution in [2.24, 2.45) is 10.1 Å².